The van der Waals surface area contributed by atoms with Gasteiger partial charge in [-0.15, -0.1) is 11.3 Å². The first-order valence-corrected chi connectivity index (χ1v) is 11.6. The summed E-state index contributed by atoms with van der Waals surface area (Å²) >= 11 is 1.70. The van der Waals surface area contributed by atoms with Crippen LogP contribution in [0.25, 0.3) is 22.9 Å². The number of aromatic amines is 1. The number of carbonyl (C=O) groups is 2. The smallest absolute Gasteiger partial charge is 0.337 e. The zero-order chi connectivity index (χ0) is 22.4. The van der Waals surface area contributed by atoms with Crippen molar-refractivity contribution in [2.45, 2.75) is 32.6 Å². The van der Waals surface area contributed by atoms with Gasteiger partial charge in [-0.3, -0.25) is 4.79 Å². The van der Waals surface area contributed by atoms with Crippen LogP contribution in [0.1, 0.15) is 56.6 Å². The van der Waals surface area contributed by atoms with Crippen molar-refractivity contribution in [3.8, 4) is 11.3 Å². The summed E-state index contributed by atoms with van der Waals surface area (Å²) in [7, 11) is 0. The highest BCUT2D eigenvalue weighted by Crippen LogP contribution is 2.38. The number of thiazole rings is 1. The molecular formula is C24H24N4O3S. The van der Waals surface area contributed by atoms with Gasteiger partial charge in [-0.05, 0) is 63.6 Å². The molecular weight excluding hydrogens is 424 g/mol. The van der Waals surface area contributed by atoms with E-state index in [0.717, 1.165) is 48.4 Å². The van der Waals surface area contributed by atoms with E-state index in [1.54, 1.807) is 31.3 Å². The van der Waals surface area contributed by atoms with Crippen LogP contribution in [0.2, 0.25) is 0 Å². The molecule has 2 aliphatic rings. The first-order chi connectivity index (χ1) is 15.4. The first-order valence-electron chi connectivity index (χ1n) is 10.7. The SMILES string of the molecule is Cc1[nH]c(/C=C2\C(=O)Nc3ccc(-c4csc(C5CCNCC5)n4)cc32)c(C)c1C(=O)O. The summed E-state index contributed by atoms with van der Waals surface area (Å²) in [6.07, 6.45) is 3.95. The van der Waals surface area contributed by atoms with E-state index >= 15 is 0 Å². The summed E-state index contributed by atoms with van der Waals surface area (Å²) < 4.78 is 0. The van der Waals surface area contributed by atoms with Gasteiger partial charge in [0.25, 0.3) is 5.91 Å². The maximum atomic E-state index is 12.7. The van der Waals surface area contributed by atoms with Crippen molar-refractivity contribution in [2.24, 2.45) is 0 Å². The molecule has 4 heterocycles. The van der Waals surface area contributed by atoms with E-state index in [4.69, 9.17) is 4.98 Å². The van der Waals surface area contributed by atoms with Gasteiger partial charge >= 0.3 is 5.97 Å². The molecule has 0 aliphatic carbocycles. The monoisotopic (exact) mass is 448 g/mol. The molecule has 2 aliphatic heterocycles. The lowest BCUT2D eigenvalue weighted by Crippen LogP contribution is -2.26. The molecule has 7 nitrogen and oxygen atoms in total. The van der Waals surface area contributed by atoms with Gasteiger partial charge in [0, 0.05) is 39.5 Å². The second-order valence-corrected chi connectivity index (χ2v) is 9.23. The Bertz CT molecular complexity index is 1260. The Kier molecular flexibility index (Phi) is 5.19. The third-order valence-electron chi connectivity index (χ3n) is 6.29. The molecule has 0 bridgehead atoms. The summed E-state index contributed by atoms with van der Waals surface area (Å²) in [5.74, 6) is -0.674. The molecule has 32 heavy (non-hydrogen) atoms. The normalized spacial score (nSPS) is 17.6. The summed E-state index contributed by atoms with van der Waals surface area (Å²) in [6, 6.07) is 5.88. The second-order valence-electron chi connectivity index (χ2n) is 8.34. The number of aryl methyl sites for hydroxylation is 1. The second kappa shape index (κ2) is 8.03. The van der Waals surface area contributed by atoms with Crippen LogP contribution in [-0.4, -0.2) is 40.0 Å². The van der Waals surface area contributed by atoms with Crippen molar-refractivity contribution in [1.29, 1.82) is 0 Å². The van der Waals surface area contributed by atoms with E-state index < -0.39 is 5.97 Å². The Labute approximate surface area is 189 Å². The van der Waals surface area contributed by atoms with E-state index in [9.17, 15) is 14.7 Å². The van der Waals surface area contributed by atoms with E-state index in [2.05, 4.69) is 21.0 Å². The zero-order valence-electron chi connectivity index (χ0n) is 17.9. The fourth-order valence-corrected chi connectivity index (χ4v) is 5.55. The van der Waals surface area contributed by atoms with Crippen molar-refractivity contribution < 1.29 is 14.7 Å². The number of fused-ring (bicyclic) bond motifs is 1. The molecule has 3 aromatic rings. The predicted octanol–water partition coefficient (Wildman–Crippen LogP) is 4.41. The highest BCUT2D eigenvalue weighted by atomic mass is 32.1. The number of anilines is 1. The molecule has 8 heteroatoms. The van der Waals surface area contributed by atoms with Crippen LogP contribution < -0.4 is 10.6 Å². The number of piperidine rings is 1. The lowest BCUT2D eigenvalue weighted by atomic mass is 9.99. The number of aromatic carboxylic acids is 1. The van der Waals surface area contributed by atoms with E-state index in [1.807, 2.05) is 18.2 Å². The number of H-pyrrole nitrogens is 1. The standard InChI is InChI=1S/C24H24N4O3S/c1-12-19(26-13(2)21(12)24(30)31)10-17-16-9-15(3-4-18(16)27-22(17)29)20-11-32-23(28-20)14-5-7-25-8-6-14/h3-4,9-11,14,25-26H,5-8H2,1-2H3,(H,27,29)(H,30,31)/b17-10-. The Morgan fingerprint density at radius 2 is 2.03 bits per heavy atom. The number of benzene rings is 1. The van der Waals surface area contributed by atoms with Crippen LogP contribution in [0, 0.1) is 13.8 Å². The van der Waals surface area contributed by atoms with Crippen molar-refractivity contribution in [1.82, 2.24) is 15.3 Å². The maximum Gasteiger partial charge on any atom is 0.337 e. The van der Waals surface area contributed by atoms with Crippen LogP contribution in [0.3, 0.4) is 0 Å². The average Bonchev–Trinajstić information content (AvgIpc) is 3.45. The number of rotatable bonds is 4. The van der Waals surface area contributed by atoms with Crippen LogP contribution >= 0.6 is 11.3 Å². The molecule has 0 spiro atoms. The first kappa shape index (κ1) is 20.7. The fraction of sp³-hybridized carbons (Fsp3) is 0.292. The van der Waals surface area contributed by atoms with Gasteiger partial charge in [0.05, 0.1) is 21.8 Å². The molecule has 2 aromatic heterocycles. The summed E-state index contributed by atoms with van der Waals surface area (Å²) in [5, 5.41) is 19.0. The Balaban J connectivity index is 1.51. The molecule has 1 fully saturated rings. The van der Waals surface area contributed by atoms with Gasteiger partial charge in [-0.1, -0.05) is 6.07 Å². The third-order valence-corrected chi connectivity index (χ3v) is 7.29. The largest absolute Gasteiger partial charge is 0.478 e. The lowest BCUT2D eigenvalue weighted by Gasteiger charge is -2.20. The van der Waals surface area contributed by atoms with Crippen LogP contribution in [0.5, 0.6) is 0 Å². The van der Waals surface area contributed by atoms with Crippen molar-refractivity contribution in [3.05, 3.63) is 56.7 Å². The summed E-state index contributed by atoms with van der Waals surface area (Å²) in [6.45, 7) is 5.53. The number of hydrogen-bond acceptors (Lipinski definition) is 5. The molecule has 0 radical (unpaired) electrons. The highest BCUT2D eigenvalue weighted by molar-refractivity contribution is 7.10. The molecule has 1 saturated heterocycles. The van der Waals surface area contributed by atoms with E-state index in [0.29, 0.717) is 28.4 Å². The Morgan fingerprint density at radius 1 is 1.25 bits per heavy atom. The van der Waals surface area contributed by atoms with Crippen molar-refractivity contribution >= 4 is 40.5 Å². The molecule has 0 unspecified atom stereocenters. The van der Waals surface area contributed by atoms with E-state index in [1.165, 1.54) is 5.01 Å². The number of carboxylic acids is 1. The summed E-state index contributed by atoms with van der Waals surface area (Å²) in [4.78, 5) is 32.3. The van der Waals surface area contributed by atoms with Gasteiger partial charge in [0.1, 0.15) is 0 Å². The van der Waals surface area contributed by atoms with Crippen LogP contribution in [0.15, 0.2) is 23.6 Å². The van der Waals surface area contributed by atoms with E-state index in [-0.39, 0.29) is 11.5 Å². The molecule has 1 amide bonds. The number of amides is 1. The minimum atomic E-state index is -0.979. The lowest BCUT2D eigenvalue weighted by molar-refractivity contribution is -0.110. The Hall–Kier alpha value is -3.23. The molecule has 1 aromatic carbocycles. The molecule has 164 valence electrons. The molecule has 5 rings (SSSR count). The topological polar surface area (TPSA) is 107 Å². The molecule has 4 N–H and O–H groups in total. The third kappa shape index (κ3) is 3.55. The number of carboxylic acid groups (broad SMARTS) is 1. The van der Waals surface area contributed by atoms with Crippen LogP contribution in [0.4, 0.5) is 5.69 Å². The molecule has 0 atom stereocenters. The number of hydrogen-bond donors (Lipinski definition) is 4. The van der Waals surface area contributed by atoms with Gasteiger partial charge < -0.3 is 20.7 Å². The number of nitrogens with zero attached hydrogens (tertiary/aromatic N) is 1. The molecule has 0 saturated carbocycles. The Morgan fingerprint density at radius 3 is 2.75 bits per heavy atom. The van der Waals surface area contributed by atoms with Crippen LogP contribution in [-0.2, 0) is 4.79 Å². The fourth-order valence-electron chi connectivity index (χ4n) is 4.55. The summed E-state index contributed by atoms with van der Waals surface area (Å²) in [5.41, 5.74) is 6.01. The quantitative estimate of drug-likeness (QED) is 0.442. The maximum absolute atomic E-state index is 12.7. The number of carbonyl (C=O) groups excluding carboxylic acids is 1. The average molecular weight is 449 g/mol. The number of nitrogens with one attached hydrogen (secondary N) is 3. The van der Waals surface area contributed by atoms with Gasteiger partial charge in [-0.25, -0.2) is 9.78 Å². The minimum absolute atomic E-state index is 0.200. The highest BCUT2D eigenvalue weighted by Gasteiger charge is 2.27. The number of aromatic nitrogens is 2. The minimum Gasteiger partial charge on any atom is -0.478 e. The van der Waals surface area contributed by atoms with Gasteiger partial charge in [-0.2, -0.15) is 0 Å². The van der Waals surface area contributed by atoms with Gasteiger partial charge in [0.2, 0.25) is 0 Å². The van der Waals surface area contributed by atoms with Crippen molar-refractivity contribution in [2.75, 3.05) is 18.4 Å². The van der Waals surface area contributed by atoms with Crippen molar-refractivity contribution in [3.63, 3.8) is 0 Å². The zero-order valence-corrected chi connectivity index (χ0v) is 18.7. The van der Waals surface area contributed by atoms with Gasteiger partial charge in [0.15, 0.2) is 0 Å². The predicted molar refractivity (Wildman–Crippen MR) is 126 cm³/mol.